The maximum absolute atomic E-state index is 10.5. The van der Waals surface area contributed by atoms with E-state index in [9.17, 15) is 4.79 Å². The molecule has 0 aliphatic carbocycles. The Bertz CT molecular complexity index is 500. The van der Waals surface area contributed by atoms with Crippen LogP contribution in [0.4, 0.5) is 5.88 Å². The molecule has 1 aliphatic heterocycles. The van der Waals surface area contributed by atoms with Crippen molar-refractivity contribution >= 4 is 17.9 Å². The van der Waals surface area contributed by atoms with Gasteiger partial charge in [-0.2, -0.15) is 0 Å². The summed E-state index contributed by atoms with van der Waals surface area (Å²) in [6.45, 7) is 6.10. The number of hydrogen-bond donors (Lipinski definition) is 2. The Hall–Kier alpha value is -1.75. The molecule has 0 bridgehead atoms. The van der Waals surface area contributed by atoms with Crippen LogP contribution in [-0.2, 0) is 10.3 Å². The van der Waals surface area contributed by atoms with Crippen molar-refractivity contribution < 1.29 is 14.3 Å². The Morgan fingerprint density at radius 1 is 1.53 bits per heavy atom. The maximum Gasteiger partial charge on any atom is 0.328 e. The lowest BCUT2D eigenvalue weighted by Crippen LogP contribution is -2.36. The lowest BCUT2D eigenvalue weighted by atomic mass is 9.93. The van der Waals surface area contributed by atoms with Gasteiger partial charge < -0.3 is 9.52 Å². The average molecular weight is 236 g/mol. The van der Waals surface area contributed by atoms with Gasteiger partial charge >= 0.3 is 5.97 Å². The number of hydrazine groups is 1. The first-order valence-electron chi connectivity index (χ1n) is 5.39. The molecule has 2 N–H and O–H groups in total. The molecule has 2 rings (SSSR count). The van der Waals surface area contributed by atoms with E-state index in [1.165, 1.54) is 6.08 Å². The molecule has 0 radical (unpaired) electrons. The number of furan rings is 1. The van der Waals surface area contributed by atoms with Crippen LogP contribution in [0.3, 0.4) is 0 Å². The van der Waals surface area contributed by atoms with Crippen molar-refractivity contribution in [1.29, 1.82) is 0 Å². The molecular weight excluding hydrogens is 220 g/mol. The van der Waals surface area contributed by atoms with Crippen molar-refractivity contribution in [3.8, 4) is 0 Å². The topological polar surface area (TPSA) is 65.7 Å². The molecule has 0 saturated carbocycles. The molecule has 0 saturated heterocycles. The van der Waals surface area contributed by atoms with Gasteiger partial charge in [-0.05, 0) is 26.8 Å². The average Bonchev–Trinajstić information content (AvgIpc) is 2.62. The highest BCUT2D eigenvalue weighted by atomic mass is 16.4. The van der Waals surface area contributed by atoms with Crippen molar-refractivity contribution in [1.82, 2.24) is 5.01 Å². The Morgan fingerprint density at radius 3 is 2.71 bits per heavy atom. The van der Waals surface area contributed by atoms with Gasteiger partial charge in [-0.3, -0.25) is 5.43 Å². The minimum Gasteiger partial charge on any atom is -0.478 e. The van der Waals surface area contributed by atoms with E-state index in [4.69, 9.17) is 9.52 Å². The Kier molecular flexibility index (Phi) is 2.50. The zero-order valence-corrected chi connectivity index (χ0v) is 10.4. The summed E-state index contributed by atoms with van der Waals surface area (Å²) >= 11 is 0. The fourth-order valence-electron chi connectivity index (χ4n) is 2.11. The number of fused-ring (bicyclic) bond motifs is 1. The third-order valence-corrected chi connectivity index (χ3v) is 3.28. The van der Waals surface area contributed by atoms with Crippen molar-refractivity contribution in [2.45, 2.75) is 26.3 Å². The summed E-state index contributed by atoms with van der Waals surface area (Å²) in [7, 11) is 1.95. The van der Waals surface area contributed by atoms with Gasteiger partial charge in [-0.25, -0.2) is 9.80 Å². The molecule has 0 fully saturated rings. The lowest BCUT2D eigenvalue weighted by Gasteiger charge is -2.27. The molecule has 17 heavy (non-hydrogen) atoms. The van der Waals surface area contributed by atoms with Crippen LogP contribution >= 0.6 is 0 Å². The van der Waals surface area contributed by atoms with Gasteiger partial charge in [0.15, 0.2) is 0 Å². The van der Waals surface area contributed by atoms with E-state index in [-0.39, 0.29) is 5.54 Å². The third kappa shape index (κ3) is 1.72. The van der Waals surface area contributed by atoms with E-state index < -0.39 is 5.97 Å². The number of nitrogens with one attached hydrogen (secondary N) is 1. The zero-order valence-electron chi connectivity index (χ0n) is 10.4. The summed E-state index contributed by atoms with van der Waals surface area (Å²) in [4.78, 5) is 10.5. The lowest BCUT2D eigenvalue weighted by molar-refractivity contribution is -0.131. The second-order valence-electron chi connectivity index (χ2n) is 4.70. The van der Waals surface area contributed by atoms with Crippen LogP contribution in [0.25, 0.3) is 6.08 Å². The molecule has 0 spiro atoms. The van der Waals surface area contributed by atoms with Crippen molar-refractivity contribution in [2.75, 3.05) is 12.5 Å². The van der Waals surface area contributed by atoms with Crippen LogP contribution in [0.5, 0.6) is 0 Å². The normalized spacial score (nSPS) is 18.4. The number of hydrogen-bond acceptors (Lipinski definition) is 4. The molecule has 5 nitrogen and oxygen atoms in total. The van der Waals surface area contributed by atoms with Gasteiger partial charge in [0.05, 0.1) is 5.54 Å². The predicted octanol–water partition coefficient (Wildman–Crippen LogP) is 2.19. The summed E-state index contributed by atoms with van der Waals surface area (Å²) in [5.41, 5.74) is 5.00. The number of aliphatic carboxylic acids is 1. The van der Waals surface area contributed by atoms with Gasteiger partial charge in [-0.1, -0.05) is 0 Å². The molecule has 1 aromatic rings. The predicted molar refractivity (Wildman–Crippen MR) is 64.5 cm³/mol. The van der Waals surface area contributed by atoms with Gasteiger partial charge in [0.1, 0.15) is 5.76 Å². The highest BCUT2D eigenvalue weighted by molar-refractivity contribution is 5.85. The van der Waals surface area contributed by atoms with Crippen molar-refractivity contribution in [2.24, 2.45) is 0 Å². The zero-order chi connectivity index (χ0) is 12.8. The molecule has 0 atom stereocenters. The number of nitrogens with zero attached hydrogens (tertiary/aromatic N) is 1. The van der Waals surface area contributed by atoms with Crippen molar-refractivity contribution in [3.05, 3.63) is 23.0 Å². The summed E-state index contributed by atoms with van der Waals surface area (Å²) in [6.07, 6.45) is 2.56. The molecule has 2 heterocycles. The first-order valence-corrected chi connectivity index (χ1v) is 5.39. The standard InChI is InChI=1S/C12H16N2O3/c1-7-8(5-6-9(15)16)17-11-10(7)12(2,3)14(4)13-11/h5-6,13H,1-4H3,(H,15,16)/b6-5+. The molecule has 0 amide bonds. The minimum atomic E-state index is -0.981. The molecule has 0 unspecified atom stereocenters. The Labute approximate surface area is 99.7 Å². The minimum absolute atomic E-state index is 0.168. The quantitative estimate of drug-likeness (QED) is 0.770. The number of carbonyl (C=O) groups is 1. The van der Waals surface area contributed by atoms with Crippen LogP contribution < -0.4 is 5.43 Å². The molecular formula is C12H16N2O3. The Balaban J connectivity index is 2.45. The number of rotatable bonds is 2. The van der Waals surface area contributed by atoms with E-state index in [2.05, 4.69) is 19.3 Å². The van der Waals surface area contributed by atoms with Crippen LogP contribution in [0, 0.1) is 6.92 Å². The van der Waals surface area contributed by atoms with Crippen molar-refractivity contribution in [3.63, 3.8) is 0 Å². The largest absolute Gasteiger partial charge is 0.478 e. The number of carboxylic acid groups (broad SMARTS) is 1. The van der Waals surface area contributed by atoms with Gasteiger partial charge in [-0.15, -0.1) is 0 Å². The fraction of sp³-hybridized carbons (Fsp3) is 0.417. The molecule has 1 aromatic heterocycles. The molecule has 92 valence electrons. The highest BCUT2D eigenvalue weighted by Crippen LogP contribution is 2.43. The first-order chi connectivity index (χ1) is 7.84. The smallest absolute Gasteiger partial charge is 0.328 e. The number of carboxylic acids is 1. The maximum atomic E-state index is 10.5. The van der Waals surface area contributed by atoms with Crippen LogP contribution in [-0.4, -0.2) is 23.1 Å². The summed E-state index contributed by atoms with van der Waals surface area (Å²) < 4.78 is 5.61. The van der Waals surface area contributed by atoms with E-state index in [0.29, 0.717) is 11.6 Å². The highest BCUT2D eigenvalue weighted by Gasteiger charge is 2.40. The summed E-state index contributed by atoms with van der Waals surface area (Å²) in [5, 5.41) is 10.6. The van der Waals surface area contributed by atoms with E-state index in [1.807, 2.05) is 19.0 Å². The van der Waals surface area contributed by atoms with E-state index >= 15 is 0 Å². The fourth-order valence-corrected chi connectivity index (χ4v) is 2.11. The Morgan fingerprint density at radius 2 is 2.18 bits per heavy atom. The van der Waals surface area contributed by atoms with Gasteiger partial charge in [0, 0.05) is 24.3 Å². The van der Waals surface area contributed by atoms with E-state index in [0.717, 1.165) is 17.2 Å². The van der Waals surface area contributed by atoms with E-state index in [1.54, 1.807) is 0 Å². The third-order valence-electron chi connectivity index (χ3n) is 3.28. The monoisotopic (exact) mass is 236 g/mol. The van der Waals surface area contributed by atoms with Gasteiger partial charge in [0.25, 0.3) is 0 Å². The van der Waals surface area contributed by atoms with Crippen LogP contribution in [0.2, 0.25) is 0 Å². The summed E-state index contributed by atoms with van der Waals surface area (Å²) in [6, 6.07) is 0. The number of anilines is 1. The van der Waals surface area contributed by atoms with Gasteiger partial charge in [0.2, 0.25) is 5.88 Å². The second kappa shape index (κ2) is 3.63. The molecule has 1 aliphatic rings. The van der Waals surface area contributed by atoms with Crippen LogP contribution in [0.1, 0.15) is 30.7 Å². The first kappa shape index (κ1) is 11.7. The summed E-state index contributed by atoms with van der Waals surface area (Å²) in [5.74, 6) is 0.302. The molecule has 0 aromatic carbocycles. The second-order valence-corrected chi connectivity index (χ2v) is 4.70. The molecule has 5 heteroatoms. The van der Waals surface area contributed by atoms with Crippen LogP contribution in [0.15, 0.2) is 10.5 Å². The SMILES string of the molecule is Cc1c(/C=C/C(=O)O)oc2c1C(C)(C)N(C)N2.